The maximum atomic E-state index is 11.1. The number of carboxylic acid groups (broad SMARTS) is 1. The summed E-state index contributed by atoms with van der Waals surface area (Å²) in [6, 6.07) is -0.440. The van der Waals surface area contributed by atoms with Crippen LogP contribution in [0.4, 0.5) is 0 Å². The summed E-state index contributed by atoms with van der Waals surface area (Å²) < 4.78 is 4.98. The monoisotopic (exact) mass is 203 g/mol. The van der Waals surface area contributed by atoms with Crippen molar-refractivity contribution in [3.05, 3.63) is 0 Å². The molecule has 0 saturated carbocycles. The Kier molecular flexibility index (Phi) is 6.49. The van der Waals surface area contributed by atoms with E-state index in [9.17, 15) is 4.79 Å². The van der Waals surface area contributed by atoms with Crippen LogP contribution in [-0.4, -0.2) is 48.8 Å². The largest absolute Gasteiger partial charge is 0.480 e. The van der Waals surface area contributed by atoms with Gasteiger partial charge in [0.2, 0.25) is 0 Å². The van der Waals surface area contributed by atoms with Crippen molar-refractivity contribution in [2.24, 2.45) is 5.92 Å². The molecule has 4 nitrogen and oxygen atoms in total. The Bertz CT molecular complexity index is 169. The van der Waals surface area contributed by atoms with Crippen molar-refractivity contribution >= 4 is 5.97 Å². The van der Waals surface area contributed by atoms with Crippen LogP contribution in [0.25, 0.3) is 0 Å². The lowest BCUT2D eigenvalue weighted by Crippen LogP contribution is -2.46. The first-order valence-corrected chi connectivity index (χ1v) is 5.04. The molecule has 0 aromatic rings. The van der Waals surface area contributed by atoms with Crippen LogP contribution < -0.4 is 0 Å². The number of aliphatic carboxylic acids is 1. The van der Waals surface area contributed by atoms with Crippen molar-refractivity contribution in [2.45, 2.75) is 26.8 Å². The van der Waals surface area contributed by atoms with Crippen LogP contribution in [0.3, 0.4) is 0 Å². The van der Waals surface area contributed by atoms with Gasteiger partial charge in [0.1, 0.15) is 6.04 Å². The molecule has 0 aromatic heterocycles. The Labute approximate surface area is 85.9 Å². The van der Waals surface area contributed by atoms with Crippen LogP contribution in [0, 0.1) is 5.92 Å². The van der Waals surface area contributed by atoms with E-state index in [-0.39, 0.29) is 5.92 Å². The van der Waals surface area contributed by atoms with Crippen LogP contribution in [0.1, 0.15) is 20.8 Å². The topological polar surface area (TPSA) is 49.8 Å². The summed E-state index contributed by atoms with van der Waals surface area (Å²) in [6.07, 6.45) is 0. The minimum absolute atomic E-state index is 0.0115. The Morgan fingerprint density at radius 2 is 1.93 bits per heavy atom. The highest BCUT2D eigenvalue weighted by atomic mass is 16.5. The second-order valence-corrected chi connectivity index (χ2v) is 3.44. The lowest BCUT2D eigenvalue weighted by Gasteiger charge is -2.30. The molecule has 2 atom stereocenters. The standard InChI is InChI=1S/C10H21NO3/c1-5-11(6-2)9(10(12)13)8(3)7-14-4/h8-9H,5-7H2,1-4H3,(H,12,13). The van der Waals surface area contributed by atoms with E-state index in [1.165, 1.54) is 0 Å². The third kappa shape index (κ3) is 3.64. The number of ether oxygens (including phenoxy) is 1. The van der Waals surface area contributed by atoms with Gasteiger partial charge in [-0.05, 0) is 13.1 Å². The fraction of sp³-hybridized carbons (Fsp3) is 0.900. The van der Waals surface area contributed by atoms with Crippen molar-refractivity contribution in [1.29, 1.82) is 0 Å². The lowest BCUT2D eigenvalue weighted by atomic mass is 10.0. The number of hydrogen-bond acceptors (Lipinski definition) is 3. The molecule has 0 saturated heterocycles. The minimum Gasteiger partial charge on any atom is -0.480 e. The number of likely N-dealkylation sites (N-methyl/N-ethyl adjacent to an activating group) is 1. The highest BCUT2D eigenvalue weighted by molar-refractivity contribution is 5.73. The molecule has 2 unspecified atom stereocenters. The van der Waals surface area contributed by atoms with E-state index in [4.69, 9.17) is 9.84 Å². The number of methoxy groups -OCH3 is 1. The molecule has 4 heteroatoms. The van der Waals surface area contributed by atoms with Crippen LogP contribution >= 0.6 is 0 Å². The normalized spacial score (nSPS) is 15.5. The number of rotatable bonds is 7. The molecule has 0 aliphatic rings. The zero-order chi connectivity index (χ0) is 11.1. The van der Waals surface area contributed by atoms with Crippen LogP contribution in [0.5, 0.6) is 0 Å². The van der Waals surface area contributed by atoms with Crippen molar-refractivity contribution in [2.75, 3.05) is 26.8 Å². The van der Waals surface area contributed by atoms with E-state index in [1.807, 2.05) is 25.7 Å². The summed E-state index contributed by atoms with van der Waals surface area (Å²) in [4.78, 5) is 13.0. The van der Waals surface area contributed by atoms with Gasteiger partial charge in [-0.25, -0.2) is 0 Å². The Balaban J connectivity index is 4.47. The van der Waals surface area contributed by atoms with E-state index >= 15 is 0 Å². The predicted molar refractivity (Wildman–Crippen MR) is 55.4 cm³/mol. The molecule has 0 rings (SSSR count). The van der Waals surface area contributed by atoms with Crippen molar-refractivity contribution in [3.63, 3.8) is 0 Å². The second-order valence-electron chi connectivity index (χ2n) is 3.44. The van der Waals surface area contributed by atoms with E-state index in [1.54, 1.807) is 7.11 Å². The molecule has 14 heavy (non-hydrogen) atoms. The average Bonchev–Trinajstić information content (AvgIpc) is 2.13. The number of carboxylic acids is 1. The number of hydrogen-bond donors (Lipinski definition) is 1. The zero-order valence-corrected chi connectivity index (χ0v) is 9.49. The third-order valence-electron chi connectivity index (χ3n) is 2.43. The number of carbonyl (C=O) groups is 1. The molecular formula is C10H21NO3. The van der Waals surface area contributed by atoms with Gasteiger partial charge in [0.05, 0.1) is 6.61 Å². The summed E-state index contributed by atoms with van der Waals surface area (Å²) in [5.41, 5.74) is 0. The van der Waals surface area contributed by atoms with Gasteiger partial charge in [0, 0.05) is 13.0 Å². The fourth-order valence-electron chi connectivity index (χ4n) is 1.73. The molecule has 0 fully saturated rings. The van der Waals surface area contributed by atoms with Gasteiger partial charge < -0.3 is 9.84 Å². The summed E-state index contributed by atoms with van der Waals surface area (Å²) in [7, 11) is 1.59. The Hall–Kier alpha value is -0.610. The van der Waals surface area contributed by atoms with E-state index in [0.29, 0.717) is 6.61 Å². The molecule has 84 valence electrons. The molecular weight excluding hydrogens is 182 g/mol. The first kappa shape index (κ1) is 13.4. The highest BCUT2D eigenvalue weighted by Gasteiger charge is 2.29. The summed E-state index contributed by atoms with van der Waals surface area (Å²) in [5.74, 6) is -0.754. The minimum atomic E-state index is -0.766. The van der Waals surface area contributed by atoms with Gasteiger partial charge in [0.15, 0.2) is 0 Å². The van der Waals surface area contributed by atoms with Crippen LogP contribution in [-0.2, 0) is 9.53 Å². The lowest BCUT2D eigenvalue weighted by molar-refractivity contribution is -0.146. The van der Waals surface area contributed by atoms with Crippen molar-refractivity contribution in [3.8, 4) is 0 Å². The van der Waals surface area contributed by atoms with E-state index in [2.05, 4.69) is 0 Å². The van der Waals surface area contributed by atoms with Crippen molar-refractivity contribution < 1.29 is 14.6 Å². The molecule has 0 aliphatic carbocycles. The molecule has 0 heterocycles. The summed E-state index contributed by atoms with van der Waals surface area (Å²) in [5, 5.41) is 9.11. The zero-order valence-electron chi connectivity index (χ0n) is 9.49. The van der Waals surface area contributed by atoms with Gasteiger partial charge in [-0.15, -0.1) is 0 Å². The molecule has 0 bridgehead atoms. The number of nitrogens with zero attached hydrogens (tertiary/aromatic N) is 1. The van der Waals surface area contributed by atoms with Crippen molar-refractivity contribution in [1.82, 2.24) is 4.90 Å². The first-order chi connectivity index (χ1) is 6.58. The SMILES string of the molecule is CCN(CC)C(C(=O)O)C(C)COC. The predicted octanol–water partition coefficient (Wildman–Crippen LogP) is 1.06. The van der Waals surface area contributed by atoms with Crippen LogP contribution in [0.15, 0.2) is 0 Å². The molecule has 0 amide bonds. The van der Waals surface area contributed by atoms with Gasteiger partial charge >= 0.3 is 5.97 Å². The van der Waals surface area contributed by atoms with Crippen LogP contribution in [0.2, 0.25) is 0 Å². The molecule has 0 radical (unpaired) electrons. The molecule has 0 spiro atoms. The summed E-state index contributed by atoms with van der Waals surface area (Å²) in [6.45, 7) is 7.83. The Morgan fingerprint density at radius 1 is 1.43 bits per heavy atom. The van der Waals surface area contributed by atoms with E-state index < -0.39 is 12.0 Å². The van der Waals surface area contributed by atoms with Gasteiger partial charge in [-0.3, -0.25) is 9.69 Å². The third-order valence-corrected chi connectivity index (χ3v) is 2.43. The summed E-state index contributed by atoms with van der Waals surface area (Å²) >= 11 is 0. The fourth-order valence-corrected chi connectivity index (χ4v) is 1.73. The average molecular weight is 203 g/mol. The second kappa shape index (κ2) is 6.79. The van der Waals surface area contributed by atoms with E-state index in [0.717, 1.165) is 13.1 Å². The maximum absolute atomic E-state index is 11.1. The molecule has 1 N–H and O–H groups in total. The quantitative estimate of drug-likeness (QED) is 0.672. The van der Waals surface area contributed by atoms with Gasteiger partial charge in [-0.2, -0.15) is 0 Å². The smallest absolute Gasteiger partial charge is 0.321 e. The highest BCUT2D eigenvalue weighted by Crippen LogP contribution is 2.11. The Morgan fingerprint density at radius 3 is 2.21 bits per heavy atom. The maximum Gasteiger partial charge on any atom is 0.321 e. The van der Waals surface area contributed by atoms with Gasteiger partial charge in [0.25, 0.3) is 0 Å². The molecule has 0 aliphatic heterocycles. The molecule has 0 aromatic carbocycles. The van der Waals surface area contributed by atoms with Gasteiger partial charge in [-0.1, -0.05) is 20.8 Å². The first-order valence-electron chi connectivity index (χ1n) is 5.04.